The van der Waals surface area contributed by atoms with Gasteiger partial charge in [0.25, 0.3) is 0 Å². The summed E-state index contributed by atoms with van der Waals surface area (Å²) in [5.41, 5.74) is 4.99. The zero-order valence-corrected chi connectivity index (χ0v) is 9.73. The van der Waals surface area contributed by atoms with E-state index in [1.165, 1.54) is 0 Å². The minimum atomic E-state index is -0.899. The van der Waals surface area contributed by atoms with Crippen molar-refractivity contribution in [3.8, 4) is 6.07 Å². The Morgan fingerprint density at radius 3 is 2.53 bits per heavy atom. The predicted molar refractivity (Wildman–Crippen MR) is 59.3 cm³/mol. The van der Waals surface area contributed by atoms with Crippen LogP contribution >= 0.6 is 0 Å². The SMILES string of the molecule is CCCCN(CC(N)=O)C(=O)C(=O)NCC#N. The Balaban J connectivity index is 4.45. The normalized spacial score (nSPS) is 9.18. The highest BCUT2D eigenvalue weighted by Crippen LogP contribution is 1.96. The summed E-state index contributed by atoms with van der Waals surface area (Å²) < 4.78 is 0. The molecule has 7 heteroatoms. The molecule has 0 rings (SSSR count). The summed E-state index contributed by atoms with van der Waals surface area (Å²) in [4.78, 5) is 34.7. The van der Waals surface area contributed by atoms with E-state index in [9.17, 15) is 14.4 Å². The molecule has 3 amide bonds. The summed E-state index contributed by atoms with van der Waals surface area (Å²) in [7, 11) is 0. The van der Waals surface area contributed by atoms with Crippen molar-refractivity contribution in [2.75, 3.05) is 19.6 Å². The Bertz CT molecular complexity index is 335. The lowest BCUT2D eigenvalue weighted by Crippen LogP contribution is -2.46. The summed E-state index contributed by atoms with van der Waals surface area (Å²) in [6.07, 6.45) is 1.49. The van der Waals surface area contributed by atoms with E-state index < -0.39 is 17.7 Å². The van der Waals surface area contributed by atoms with Gasteiger partial charge in [-0.05, 0) is 6.42 Å². The molecule has 0 aliphatic carbocycles. The zero-order valence-electron chi connectivity index (χ0n) is 9.73. The van der Waals surface area contributed by atoms with Gasteiger partial charge in [0.05, 0.1) is 12.6 Å². The van der Waals surface area contributed by atoms with Crippen molar-refractivity contribution in [3.05, 3.63) is 0 Å². The van der Waals surface area contributed by atoms with Gasteiger partial charge in [0.15, 0.2) is 0 Å². The van der Waals surface area contributed by atoms with E-state index in [2.05, 4.69) is 5.32 Å². The van der Waals surface area contributed by atoms with E-state index in [0.717, 1.165) is 11.3 Å². The van der Waals surface area contributed by atoms with E-state index in [4.69, 9.17) is 11.0 Å². The molecule has 0 saturated carbocycles. The van der Waals surface area contributed by atoms with Gasteiger partial charge in [-0.15, -0.1) is 0 Å². The first-order valence-corrected chi connectivity index (χ1v) is 5.25. The van der Waals surface area contributed by atoms with E-state index in [0.29, 0.717) is 6.42 Å². The van der Waals surface area contributed by atoms with E-state index in [-0.39, 0.29) is 19.6 Å². The maximum absolute atomic E-state index is 11.6. The molecule has 0 unspecified atom stereocenters. The second-order valence-corrected chi connectivity index (χ2v) is 3.39. The van der Waals surface area contributed by atoms with Crippen molar-refractivity contribution in [1.29, 1.82) is 5.26 Å². The highest BCUT2D eigenvalue weighted by Gasteiger charge is 2.22. The summed E-state index contributed by atoms with van der Waals surface area (Å²) in [6.45, 7) is 1.67. The quantitative estimate of drug-likeness (QED) is 0.445. The molecule has 17 heavy (non-hydrogen) atoms. The fraction of sp³-hybridized carbons (Fsp3) is 0.600. The monoisotopic (exact) mass is 240 g/mol. The lowest BCUT2D eigenvalue weighted by Gasteiger charge is -2.19. The molecule has 0 aromatic rings. The Hall–Kier alpha value is -2.10. The van der Waals surface area contributed by atoms with Crippen LogP contribution in [0.1, 0.15) is 19.8 Å². The van der Waals surface area contributed by atoms with Crippen LogP contribution in [0.4, 0.5) is 0 Å². The molecule has 94 valence electrons. The average Bonchev–Trinajstić information content (AvgIpc) is 2.29. The predicted octanol–water partition coefficient (Wildman–Crippen LogP) is -1.26. The van der Waals surface area contributed by atoms with Crippen LogP contribution in [0, 0.1) is 11.3 Å². The van der Waals surface area contributed by atoms with Gasteiger partial charge in [-0.25, -0.2) is 0 Å². The number of hydrogen-bond donors (Lipinski definition) is 2. The van der Waals surface area contributed by atoms with Gasteiger partial charge in [0.1, 0.15) is 6.54 Å². The molecule has 0 aliphatic rings. The second kappa shape index (κ2) is 8.10. The smallest absolute Gasteiger partial charge is 0.312 e. The van der Waals surface area contributed by atoms with Crippen molar-refractivity contribution >= 4 is 17.7 Å². The molecule has 3 N–H and O–H groups in total. The largest absolute Gasteiger partial charge is 0.368 e. The van der Waals surface area contributed by atoms with Gasteiger partial charge in [-0.2, -0.15) is 5.26 Å². The van der Waals surface area contributed by atoms with E-state index in [1.807, 2.05) is 6.92 Å². The Labute approximate surface area is 99.6 Å². The van der Waals surface area contributed by atoms with Gasteiger partial charge in [0, 0.05) is 6.54 Å². The number of nitrogens with one attached hydrogen (secondary N) is 1. The molecule has 0 aromatic carbocycles. The molecule has 0 aliphatic heterocycles. The number of rotatable bonds is 6. The number of primary amides is 1. The molecule has 0 saturated heterocycles. The van der Waals surface area contributed by atoms with Crippen molar-refractivity contribution in [2.45, 2.75) is 19.8 Å². The first-order valence-electron chi connectivity index (χ1n) is 5.25. The molecule has 0 aromatic heterocycles. The summed E-state index contributed by atoms with van der Waals surface area (Å²) in [5, 5.41) is 10.4. The van der Waals surface area contributed by atoms with Crippen molar-refractivity contribution < 1.29 is 14.4 Å². The molecule has 0 fully saturated rings. The van der Waals surface area contributed by atoms with Crippen molar-refractivity contribution in [3.63, 3.8) is 0 Å². The molecule has 0 spiro atoms. The molecular formula is C10H16N4O3. The van der Waals surface area contributed by atoms with Crippen LogP contribution in [0.5, 0.6) is 0 Å². The van der Waals surface area contributed by atoms with Gasteiger partial charge >= 0.3 is 11.8 Å². The molecule has 7 nitrogen and oxygen atoms in total. The van der Waals surface area contributed by atoms with Gasteiger partial charge < -0.3 is 16.0 Å². The molecular weight excluding hydrogens is 224 g/mol. The maximum atomic E-state index is 11.6. The fourth-order valence-electron chi connectivity index (χ4n) is 1.13. The first-order chi connectivity index (χ1) is 8.02. The topological polar surface area (TPSA) is 116 Å². The van der Waals surface area contributed by atoms with E-state index in [1.54, 1.807) is 6.07 Å². The second-order valence-electron chi connectivity index (χ2n) is 3.39. The summed E-state index contributed by atoms with van der Waals surface area (Å²) in [5.74, 6) is -2.42. The third-order valence-corrected chi connectivity index (χ3v) is 1.94. The van der Waals surface area contributed by atoms with Crippen molar-refractivity contribution in [1.82, 2.24) is 10.2 Å². The molecule has 0 radical (unpaired) electrons. The minimum absolute atomic E-state index is 0.247. The Morgan fingerprint density at radius 2 is 2.06 bits per heavy atom. The number of hydrogen-bond acceptors (Lipinski definition) is 4. The maximum Gasteiger partial charge on any atom is 0.312 e. The van der Waals surface area contributed by atoms with Crippen LogP contribution in [0.25, 0.3) is 0 Å². The van der Waals surface area contributed by atoms with Crippen LogP contribution in [-0.4, -0.2) is 42.3 Å². The number of carbonyl (C=O) groups is 3. The van der Waals surface area contributed by atoms with Crippen molar-refractivity contribution in [2.24, 2.45) is 5.73 Å². The number of unbranched alkanes of at least 4 members (excludes halogenated alkanes) is 1. The number of nitriles is 1. The van der Waals surface area contributed by atoms with Crippen LogP contribution < -0.4 is 11.1 Å². The molecule has 0 atom stereocenters. The van der Waals surface area contributed by atoms with Gasteiger partial charge in [-0.1, -0.05) is 13.3 Å². The van der Waals surface area contributed by atoms with E-state index >= 15 is 0 Å². The number of nitrogens with two attached hydrogens (primary N) is 1. The van der Waals surface area contributed by atoms with Crippen LogP contribution in [-0.2, 0) is 14.4 Å². The highest BCUT2D eigenvalue weighted by atomic mass is 16.2. The number of carbonyl (C=O) groups excluding carboxylic acids is 3. The highest BCUT2D eigenvalue weighted by molar-refractivity contribution is 6.35. The molecule has 0 heterocycles. The molecule has 0 bridgehead atoms. The standard InChI is InChI=1S/C10H16N4O3/c1-2-3-6-14(7-8(12)15)10(17)9(16)13-5-4-11/h2-3,5-7H2,1H3,(H2,12,15)(H,13,16). The lowest BCUT2D eigenvalue weighted by molar-refractivity contribution is -0.146. The lowest BCUT2D eigenvalue weighted by atomic mass is 10.3. The minimum Gasteiger partial charge on any atom is -0.368 e. The van der Waals surface area contributed by atoms with Gasteiger partial charge in [0.2, 0.25) is 5.91 Å². The first kappa shape index (κ1) is 14.9. The third-order valence-electron chi connectivity index (χ3n) is 1.94. The number of nitrogens with zero attached hydrogens (tertiary/aromatic N) is 2. The van der Waals surface area contributed by atoms with Gasteiger partial charge in [-0.3, -0.25) is 14.4 Å². The summed E-state index contributed by atoms with van der Waals surface area (Å²) >= 11 is 0. The fourth-order valence-corrected chi connectivity index (χ4v) is 1.13. The third kappa shape index (κ3) is 6.14. The zero-order chi connectivity index (χ0) is 13.3. The number of amides is 3. The van der Waals surface area contributed by atoms with Crippen LogP contribution in [0.15, 0.2) is 0 Å². The average molecular weight is 240 g/mol. The Kier molecular flexibility index (Phi) is 7.10. The summed E-state index contributed by atoms with van der Waals surface area (Å²) in [6, 6.07) is 1.68. The van der Waals surface area contributed by atoms with Crippen LogP contribution in [0.2, 0.25) is 0 Å². The van der Waals surface area contributed by atoms with Crippen LogP contribution in [0.3, 0.4) is 0 Å². The Morgan fingerprint density at radius 1 is 1.41 bits per heavy atom.